The quantitative estimate of drug-likeness (QED) is 0.651. The monoisotopic (exact) mass is 230 g/mol. The first-order chi connectivity index (χ1) is 7.79. The molecule has 1 heterocycles. The zero-order chi connectivity index (χ0) is 11.4. The van der Waals surface area contributed by atoms with Crippen molar-refractivity contribution in [2.24, 2.45) is 0 Å². The summed E-state index contributed by atoms with van der Waals surface area (Å²) in [6.07, 6.45) is 3.98. The van der Waals surface area contributed by atoms with E-state index in [1.165, 1.54) is 17.4 Å². The summed E-state index contributed by atoms with van der Waals surface area (Å²) < 4.78 is 0. The molecule has 0 spiro atoms. The van der Waals surface area contributed by atoms with Gasteiger partial charge in [-0.15, -0.1) is 11.3 Å². The number of thiazole rings is 1. The molecule has 1 aromatic carbocycles. The van der Waals surface area contributed by atoms with Crippen molar-refractivity contribution in [1.82, 2.24) is 4.98 Å². The van der Waals surface area contributed by atoms with E-state index in [4.69, 9.17) is 5.73 Å². The number of allylic oxidation sites excluding steroid dienone is 1. The first-order valence-electron chi connectivity index (χ1n) is 4.73. The van der Waals surface area contributed by atoms with Crippen molar-refractivity contribution in [3.8, 4) is 11.3 Å². The first-order valence-corrected chi connectivity index (χ1v) is 5.61. The fraction of sp³-hybridized carbons (Fsp3) is 0. The maximum Gasteiger partial charge on any atom is 0.180 e. The van der Waals surface area contributed by atoms with Crippen LogP contribution in [0.2, 0.25) is 0 Å². The van der Waals surface area contributed by atoms with Crippen LogP contribution in [-0.2, 0) is 4.79 Å². The molecule has 0 aliphatic heterocycles. The number of aldehydes is 1. The molecule has 3 nitrogen and oxygen atoms in total. The molecule has 80 valence electrons. The zero-order valence-electron chi connectivity index (χ0n) is 8.46. The van der Waals surface area contributed by atoms with Gasteiger partial charge in [0.2, 0.25) is 0 Å². The molecule has 0 saturated heterocycles. The smallest absolute Gasteiger partial charge is 0.180 e. The van der Waals surface area contributed by atoms with Gasteiger partial charge in [-0.2, -0.15) is 0 Å². The van der Waals surface area contributed by atoms with E-state index in [-0.39, 0.29) is 0 Å². The lowest BCUT2D eigenvalue weighted by atomic mass is 10.1. The third-order valence-corrected chi connectivity index (χ3v) is 2.77. The molecule has 2 rings (SSSR count). The van der Waals surface area contributed by atoms with Gasteiger partial charge in [0.05, 0.1) is 5.69 Å². The second-order valence-electron chi connectivity index (χ2n) is 3.19. The van der Waals surface area contributed by atoms with Gasteiger partial charge in [-0.1, -0.05) is 30.3 Å². The molecule has 0 fully saturated rings. The number of hydrogen-bond acceptors (Lipinski definition) is 4. The number of benzene rings is 1. The Hall–Kier alpha value is -1.94. The molecular formula is C12H10N2OS. The molecule has 0 saturated carbocycles. The van der Waals surface area contributed by atoms with E-state index in [9.17, 15) is 4.79 Å². The highest BCUT2D eigenvalue weighted by molar-refractivity contribution is 7.13. The van der Waals surface area contributed by atoms with Crippen LogP contribution in [0.5, 0.6) is 0 Å². The normalized spacial score (nSPS) is 10.8. The largest absolute Gasteiger partial charge is 0.375 e. The molecule has 0 unspecified atom stereocenters. The summed E-state index contributed by atoms with van der Waals surface area (Å²) in [7, 11) is 0. The minimum atomic E-state index is 0.569. The summed E-state index contributed by atoms with van der Waals surface area (Å²) in [5.41, 5.74) is 8.46. The van der Waals surface area contributed by atoms with Crippen LogP contribution in [0.3, 0.4) is 0 Å². The van der Waals surface area contributed by atoms with Gasteiger partial charge in [0.15, 0.2) is 5.13 Å². The molecule has 0 atom stereocenters. The number of nitrogens with zero attached hydrogens (tertiary/aromatic N) is 1. The predicted molar refractivity (Wildman–Crippen MR) is 67.1 cm³/mol. The molecule has 0 bridgehead atoms. The average Bonchev–Trinajstić information content (AvgIpc) is 2.74. The van der Waals surface area contributed by atoms with Crippen molar-refractivity contribution in [2.75, 3.05) is 5.73 Å². The second-order valence-corrected chi connectivity index (χ2v) is 4.08. The zero-order valence-corrected chi connectivity index (χ0v) is 9.28. The van der Waals surface area contributed by atoms with Crippen LogP contribution >= 0.6 is 11.3 Å². The van der Waals surface area contributed by atoms with E-state index in [0.29, 0.717) is 5.13 Å². The maximum atomic E-state index is 10.2. The number of carbonyl (C=O) groups is 1. The Morgan fingerprint density at radius 1 is 1.25 bits per heavy atom. The molecule has 4 heteroatoms. The summed E-state index contributed by atoms with van der Waals surface area (Å²) >= 11 is 1.42. The maximum absolute atomic E-state index is 10.2. The number of anilines is 1. The number of nitrogen functional groups attached to an aromatic ring is 1. The van der Waals surface area contributed by atoms with Gasteiger partial charge in [-0.3, -0.25) is 4.79 Å². The lowest BCUT2D eigenvalue weighted by Crippen LogP contribution is -1.83. The summed E-state index contributed by atoms with van der Waals surface area (Å²) in [6.45, 7) is 0. The fourth-order valence-corrected chi connectivity index (χ4v) is 1.91. The van der Waals surface area contributed by atoms with Crippen molar-refractivity contribution < 1.29 is 4.79 Å². The van der Waals surface area contributed by atoms with Crippen LogP contribution < -0.4 is 5.73 Å². The van der Waals surface area contributed by atoms with Crippen LogP contribution in [0.25, 0.3) is 17.3 Å². The Balaban J connectivity index is 2.25. The molecule has 2 aromatic rings. The fourth-order valence-electron chi connectivity index (χ4n) is 1.34. The van der Waals surface area contributed by atoms with Crippen molar-refractivity contribution in [3.63, 3.8) is 0 Å². The van der Waals surface area contributed by atoms with Gasteiger partial charge in [0.1, 0.15) is 6.29 Å². The van der Waals surface area contributed by atoms with E-state index >= 15 is 0 Å². The van der Waals surface area contributed by atoms with Crippen molar-refractivity contribution in [2.45, 2.75) is 0 Å². The van der Waals surface area contributed by atoms with Crippen LogP contribution in [0.1, 0.15) is 5.56 Å². The van der Waals surface area contributed by atoms with E-state index in [2.05, 4.69) is 4.98 Å². The van der Waals surface area contributed by atoms with E-state index in [1.807, 2.05) is 29.6 Å². The Bertz CT molecular complexity index is 514. The summed E-state index contributed by atoms with van der Waals surface area (Å²) in [6, 6.07) is 7.79. The van der Waals surface area contributed by atoms with Gasteiger partial charge in [0.25, 0.3) is 0 Å². The third-order valence-electron chi connectivity index (χ3n) is 2.10. The minimum absolute atomic E-state index is 0.569. The summed E-state index contributed by atoms with van der Waals surface area (Å²) in [5.74, 6) is 0. The average molecular weight is 230 g/mol. The van der Waals surface area contributed by atoms with E-state index in [0.717, 1.165) is 23.1 Å². The van der Waals surface area contributed by atoms with Gasteiger partial charge in [-0.05, 0) is 11.6 Å². The predicted octanol–water partition coefficient (Wildman–Crippen LogP) is 2.60. The highest BCUT2D eigenvalue weighted by Crippen LogP contribution is 2.23. The lowest BCUT2D eigenvalue weighted by Gasteiger charge is -1.97. The summed E-state index contributed by atoms with van der Waals surface area (Å²) in [4.78, 5) is 14.4. The van der Waals surface area contributed by atoms with E-state index < -0.39 is 0 Å². The van der Waals surface area contributed by atoms with Crippen LogP contribution in [0, 0.1) is 0 Å². The Kier molecular flexibility index (Phi) is 3.12. The van der Waals surface area contributed by atoms with Crippen molar-refractivity contribution >= 4 is 28.8 Å². The summed E-state index contributed by atoms with van der Waals surface area (Å²) in [5, 5.41) is 2.49. The topological polar surface area (TPSA) is 56.0 Å². The number of aromatic nitrogens is 1. The van der Waals surface area contributed by atoms with Gasteiger partial charge in [-0.25, -0.2) is 4.98 Å². The number of nitrogens with two attached hydrogens (primary N) is 1. The van der Waals surface area contributed by atoms with Gasteiger partial charge in [0, 0.05) is 10.9 Å². The minimum Gasteiger partial charge on any atom is -0.375 e. The van der Waals surface area contributed by atoms with E-state index in [1.54, 1.807) is 6.08 Å². The van der Waals surface area contributed by atoms with Crippen LogP contribution in [0.4, 0.5) is 5.13 Å². The molecule has 0 aliphatic carbocycles. The number of carbonyl (C=O) groups excluding carboxylic acids is 1. The number of rotatable bonds is 3. The third kappa shape index (κ3) is 2.35. The Morgan fingerprint density at radius 2 is 2.00 bits per heavy atom. The highest BCUT2D eigenvalue weighted by Gasteiger charge is 2.01. The molecule has 0 radical (unpaired) electrons. The van der Waals surface area contributed by atoms with Crippen LogP contribution in [0.15, 0.2) is 35.7 Å². The SMILES string of the molecule is Nc1nc(-c2ccc(C=CC=O)cc2)cs1. The van der Waals surface area contributed by atoms with Crippen molar-refractivity contribution in [1.29, 1.82) is 0 Å². The number of hydrogen-bond donors (Lipinski definition) is 1. The Morgan fingerprint density at radius 3 is 2.56 bits per heavy atom. The molecule has 0 aliphatic rings. The molecule has 0 amide bonds. The highest BCUT2D eigenvalue weighted by atomic mass is 32.1. The molecular weight excluding hydrogens is 220 g/mol. The van der Waals surface area contributed by atoms with Crippen LogP contribution in [-0.4, -0.2) is 11.3 Å². The molecule has 1 aromatic heterocycles. The van der Waals surface area contributed by atoms with Gasteiger partial charge < -0.3 is 5.73 Å². The lowest BCUT2D eigenvalue weighted by molar-refractivity contribution is -0.104. The standard InChI is InChI=1S/C12H10N2OS/c13-12-14-11(8-16-12)10-5-3-9(4-6-10)2-1-7-15/h1-8H,(H2,13,14). The molecule has 16 heavy (non-hydrogen) atoms. The van der Waals surface area contributed by atoms with Crippen molar-refractivity contribution in [3.05, 3.63) is 41.3 Å². The van der Waals surface area contributed by atoms with Gasteiger partial charge >= 0.3 is 0 Å². The Labute approximate surface area is 97.3 Å². The molecule has 2 N–H and O–H groups in total. The first kappa shape index (κ1) is 10.6. The second kappa shape index (κ2) is 4.72.